The van der Waals surface area contributed by atoms with Crippen molar-refractivity contribution in [2.75, 3.05) is 0 Å². The summed E-state index contributed by atoms with van der Waals surface area (Å²) in [7, 11) is 0. The van der Waals surface area contributed by atoms with Gasteiger partial charge in [0, 0.05) is 0 Å². The minimum absolute atomic E-state index is 0.292. The van der Waals surface area contributed by atoms with Crippen LogP contribution in [0.15, 0.2) is 0 Å². The molecule has 0 aromatic heterocycles. The van der Waals surface area contributed by atoms with Crippen molar-refractivity contribution in [1.29, 1.82) is 0 Å². The van der Waals surface area contributed by atoms with Crippen molar-refractivity contribution in [3.8, 4) is 0 Å². The number of carbonyl (C=O) groups is 1. The molecule has 2 N–H and O–H groups in total. The summed E-state index contributed by atoms with van der Waals surface area (Å²) in [6, 6.07) is 0. The van der Waals surface area contributed by atoms with Crippen molar-refractivity contribution in [3.63, 3.8) is 0 Å². The van der Waals surface area contributed by atoms with Crippen LogP contribution in [0, 0.1) is 5.92 Å². The van der Waals surface area contributed by atoms with Gasteiger partial charge in [-0.1, -0.05) is 0 Å². The van der Waals surface area contributed by atoms with Crippen molar-refractivity contribution in [3.05, 3.63) is 0 Å². The summed E-state index contributed by atoms with van der Waals surface area (Å²) in [5.41, 5.74) is 0. The summed E-state index contributed by atoms with van der Waals surface area (Å²) in [6.45, 7) is 0. The Morgan fingerprint density at radius 1 is 1.44 bits per heavy atom. The van der Waals surface area contributed by atoms with Gasteiger partial charge in [0.05, 0.1) is 12.0 Å². The van der Waals surface area contributed by atoms with Crippen LogP contribution in [-0.2, 0) is 4.79 Å². The van der Waals surface area contributed by atoms with Crippen LogP contribution in [0.25, 0.3) is 0 Å². The number of hydrogen-bond donors (Lipinski definition) is 2. The van der Waals surface area contributed by atoms with Gasteiger partial charge in [0.1, 0.15) is 0 Å². The first-order valence-electron chi connectivity index (χ1n) is 3.11. The summed E-state index contributed by atoms with van der Waals surface area (Å²) in [5, 5.41) is 17.3. The van der Waals surface area contributed by atoms with Crippen molar-refractivity contribution in [2.24, 2.45) is 5.92 Å². The SMILES string of the molecule is O=C(O)C1CCC(O)C1. The maximum Gasteiger partial charge on any atom is 0.306 e. The molecule has 0 heterocycles. The molecular weight excluding hydrogens is 120 g/mol. The summed E-state index contributed by atoms with van der Waals surface area (Å²) in [4.78, 5) is 10.2. The third-order valence-corrected chi connectivity index (χ3v) is 1.75. The Bertz CT molecular complexity index is 121. The Morgan fingerprint density at radius 3 is 2.33 bits per heavy atom. The number of carboxylic acids is 1. The van der Waals surface area contributed by atoms with Crippen LogP contribution in [0.5, 0.6) is 0 Å². The van der Waals surface area contributed by atoms with E-state index in [1.807, 2.05) is 0 Å². The van der Waals surface area contributed by atoms with Crippen molar-refractivity contribution < 1.29 is 15.0 Å². The molecule has 0 aliphatic heterocycles. The second kappa shape index (κ2) is 2.35. The molecule has 0 spiro atoms. The van der Waals surface area contributed by atoms with Crippen LogP contribution in [0.1, 0.15) is 19.3 Å². The number of carboxylic acid groups (broad SMARTS) is 1. The van der Waals surface area contributed by atoms with E-state index in [-0.39, 0.29) is 12.0 Å². The molecule has 0 aromatic carbocycles. The second-order valence-electron chi connectivity index (χ2n) is 2.50. The van der Waals surface area contributed by atoms with E-state index in [4.69, 9.17) is 10.2 Å². The quantitative estimate of drug-likeness (QED) is 0.534. The molecule has 2 unspecified atom stereocenters. The lowest BCUT2D eigenvalue weighted by Crippen LogP contribution is -2.10. The van der Waals surface area contributed by atoms with Gasteiger partial charge in [0.25, 0.3) is 0 Å². The molecule has 0 radical (unpaired) electrons. The van der Waals surface area contributed by atoms with Crippen LogP contribution < -0.4 is 0 Å². The van der Waals surface area contributed by atoms with E-state index in [1.54, 1.807) is 0 Å². The van der Waals surface area contributed by atoms with E-state index < -0.39 is 5.97 Å². The zero-order valence-corrected chi connectivity index (χ0v) is 5.08. The average molecular weight is 130 g/mol. The lowest BCUT2D eigenvalue weighted by molar-refractivity contribution is -0.141. The molecule has 2 atom stereocenters. The van der Waals surface area contributed by atoms with E-state index in [0.29, 0.717) is 19.3 Å². The number of aliphatic hydroxyl groups excluding tert-OH is 1. The zero-order valence-electron chi connectivity index (χ0n) is 5.08. The summed E-state index contributed by atoms with van der Waals surface area (Å²) in [5.74, 6) is -1.06. The van der Waals surface area contributed by atoms with Crippen molar-refractivity contribution in [1.82, 2.24) is 0 Å². The zero-order chi connectivity index (χ0) is 6.85. The van der Waals surface area contributed by atoms with Crippen LogP contribution in [0.2, 0.25) is 0 Å². The number of aliphatic hydroxyl groups is 1. The minimum atomic E-state index is -0.772. The van der Waals surface area contributed by atoms with Gasteiger partial charge in [-0.25, -0.2) is 0 Å². The number of rotatable bonds is 1. The number of hydrogen-bond acceptors (Lipinski definition) is 2. The molecule has 1 aliphatic rings. The maximum atomic E-state index is 10.2. The fourth-order valence-electron chi connectivity index (χ4n) is 1.18. The molecule has 3 nitrogen and oxygen atoms in total. The lowest BCUT2D eigenvalue weighted by atomic mass is 10.1. The smallest absolute Gasteiger partial charge is 0.306 e. The summed E-state index contributed by atoms with van der Waals surface area (Å²) in [6.07, 6.45) is 1.36. The fraction of sp³-hybridized carbons (Fsp3) is 0.833. The highest BCUT2D eigenvalue weighted by Crippen LogP contribution is 2.24. The van der Waals surface area contributed by atoms with Crippen LogP contribution in [-0.4, -0.2) is 22.3 Å². The van der Waals surface area contributed by atoms with Gasteiger partial charge in [0.15, 0.2) is 0 Å². The normalized spacial score (nSPS) is 34.8. The van der Waals surface area contributed by atoms with E-state index in [1.165, 1.54) is 0 Å². The molecule has 0 bridgehead atoms. The van der Waals surface area contributed by atoms with Crippen LogP contribution in [0.4, 0.5) is 0 Å². The van der Waals surface area contributed by atoms with Gasteiger partial charge < -0.3 is 10.2 Å². The molecule has 1 aliphatic carbocycles. The van der Waals surface area contributed by atoms with E-state index in [0.717, 1.165) is 0 Å². The minimum Gasteiger partial charge on any atom is -0.481 e. The Balaban J connectivity index is 2.39. The molecule has 1 rings (SSSR count). The molecule has 1 fully saturated rings. The monoisotopic (exact) mass is 130 g/mol. The van der Waals surface area contributed by atoms with Gasteiger partial charge in [0.2, 0.25) is 0 Å². The first-order valence-corrected chi connectivity index (χ1v) is 3.11. The predicted octanol–water partition coefficient (Wildman–Crippen LogP) is 0.232. The topological polar surface area (TPSA) is 57.5 Å². The lowest BCUT2D eigenvalue weighted by Gasteiger charge is -1.99. The van der Waals surface area contributed by atoms with E-state index >= 15 is 0 Å². The molecule has 1 saturated carbocycles. The van der Waals surface area contributed by atoms with E-state index in [2.05, 4.69) is 0 Å². The van der Waals surface area contributed by atoms with Gasteiger partial charge in [-0.2, -0.15) is 0 Å². The summed E-state index contributed by atoms with van der Waals surface area (Å²) >= 11 is 0. The second-order valence-corrected chi connectivity index (χ2v) is 2.50. The van der Waals surface area contributed by atoms with Gasteiger partial charge in [-0.15, -0.1) is 0 Å². The Labute approximate surface area is 53.3 Å². The molecule has 0 amide bonds. The van der Waals surface area contributed by atoms with E-state index in [9.17, 15) is 4.79 Å². The molecule has 9 heavy (non-hydrogen) atoms. The van der Waals surface area contributed by atoms with Crippen molar-refractivity contribution in [2.45, 2.75) is 25.4 Å². The first-order chi connectivity index (χ1) is 4.20. The molecular formula is C6H10O3. The average Bonchev–Trinajstić information content (AvgIpc) is 2.14. The third kappa shape index (κ3) is 1.42. The first kappa shape index (κ1) is 6.55. The fourth-order valence-corrected chi connectivity index (χ4v) is 1.18. The molecule has 0 saturated heterocycles. The largest absolute Gasteiger partial charge is 0.481 e. The predicted molar refractivity (Wildman–Crippen MR) is 31.0 cm³/mol. The Kier molecular flexibility index (Phi) is 1.71. The van der Waals surface area contributed by atoms with Crippen LogP contribution >= 0.6 is 0 Å². The van der Waals surface area contributed by atoms with Gasteiger partial charge in [-0.3, -0.25) is 4.79 Å². The van der Waals surface area contributed by atoms with Crippen molar-refractivity contribution >= 4 is 5.97 Å². The third-order valence-electron chi connectivity index (χ3n) is 1.75. The maximum absolute atomic E-state index is 10.2. The highest BCUT2D eigenvalue weighted by atomic mass is 16.4. The Morgan fingerprint density at radius 2 is 2.11 bits per heavy atom. The summed E-state index contributed by atoms with van der Waals surface area (Å²) < 4.78 is 0. The highest BCUT2D eigenvalue weighted by molar-refractivity contribution is 5.70. The highest BCUT2D eigenvalue weighted by Gasteiger charge is 2.27. The van der Waals surface area contributed by atoms with Gasteiger partial charge >= 0.3 is 5.97 Å². The Hall–Kier alpha value is -0.570. The number of aliphatic carboxylic acids is 1. The van der Waals surface area contributed by atoms with Crippen LogP contribution in [0.3, 0.4) is 0 Å². The molecule has 52 valence electrons. The molecule has 0 aromatic rings. The molecule has 3 heteroatoms. The standard InChI is InChI=1S/C6H10O3/c7-5-2-1-4(3-5)6(8)9/h4-5,7H,1-3H2,(H,8,9). The van der Waals surface area contributed by atoms with Gasteiger partial charge in [-0.05, 0) is 19.3 Å².